The number of aliphatic imine (C=N–C) groups is 1. The molecule has 0 aliphatic carbocycles. The molecular weight excluding hydrogens is 284 g/mol. The number of guanidine groups is 1. The molecule has 0 unspecified atom stereocenters. The van der Waals surface area contributed by atoms with Crippen LogP contribution >= 0.6 is 11.8 Å². The van der Waals surface area contributed by atoms with Gasteiger partial charge in [-0.1, -0.05) is 26.8 Å². The Kier molecular flexibility index (Phi) is 7.36. The summed E-state index contributed by atoms with van der Waals surface area (Å²) in [7, 11) is 1.75. The first-order valence-corrected chi connectivity index (χ1v) is 8.21. The van der Waals surface area contributed by atoms with E-state index in [-0.39, 0.29) is 5.41 Å². The highest BCUT2D eigenvalue weighted by Gasteiger charge is 2.19. The number of hydrogen-bond donors (Lipinski definition) is 2. The van der Waals surface area contributed by atoms with Gasteiger partial charge >= 0.3 is 0 Å². The summed E-state index contributed by atoms with van der Waals surface area (Å²) in [6.07, 6.45) is 3.70. The Bertz CT molecular complexity index is 462. The fourth-order valence-electron chi connectivity index (χ4n) is 1.53. The molecule has 1 rings (SSSR count). The zero-order valence-electron chi connectivity index (χ0n) is 13.4. The van der Waals surface area contributed by atoms with Crippen molar-refractivity contribution in [3.05, 3.63) is 30.5 Å². The number of nitrogens with one attached hydrogen (secondary N) is 2. The molecule has 21 heavy (non-hydrogen) atoms. The van der Waals surface area contributed by atoms with Crippen LogP contribution in [0.5, 0.6) is 0 Å². The SMILES string of the molecule is C=CCSCCNC(=NC)NCc1ncc(C(C)(C)C)o1. The van der Waals surface area contributed by atoms with Gasteiger partial charge in [0.2, 0.25) is 5.89 Å². The minimum atomic E-state index is -0.0203. The van der Waals surface area contributed by atoms with Gasteiger partial charge in [0.25, 0.3) is 0 Å². The van der Waals surface area contributed by atoms with Crippen molar-refractivity contribution in [2.24, 2.45) is 4.99 Å². The van der Waals surface area contributed by atoms with Crippen LogP contribution in [-0.4, -0.2) is 36.0 Å². The van der Waals surface area contributed by atoms with E-state index in [9.17, 15) is 0 Å². The van der Waals surface area contributed by atoms with E-state index in [1.54, 1.807) is 13.2 Å². The second-order valence-corrected chi connectivity index (χ2v) is 6.73. The zero-order chi connectivity index (χ0) is 15.7. The van der Waals surface area contributed by atoms with Crippen molar-refractivity contribution in [1.82, 2.24) is 15.6 Å². The molecule has 0 saturated heterocycles. The maximum Gasteiger partial charge on any atom is 0.213 e. The number of oxazole rings is 1. The number of aromatic nitrogens is 1. The fourth-order valence-corrected chi connectivity index (χ4v) is 2.11. The quantitative estimate of drug-likeness (QED) is 0.351. The number of nitrogens with zero attached hydrogens (tertiary/aromatic N) is 2. The molecule has 0 saturated carbocycles. The second kappa shape index (κ2) is 8.77. The molecule has 5 nitrogen and oxygen atoms in total. The Hall–Kier alpha value is -1.43. The molecular formula is C15H26N4OS. The van der Waals surface area contributed by atoms with E-state index in [2.05, 4.69) is 48.0 Å². The minimum Gasteiger partial charge on any atom is -0.443 e. The van der Waals surface area contributed by atoms with Crippen LogP contribution in [0.1, 0.15) is 32.4 Å². The van der Waals surface area contributed by atoms with Gasteiger partial charge in [0.15, 0.2) is 5.96 Å². The lowest BCUT2D eigenvalue weighted by Gasteiger charge is -2.13. The zero-order valence-corrected chi connectivity index (χ0v) is 14.2. The van der Waals surface area contributed by atoms with Crippen LogP contribution in [0.25, 0.3) is 0 Å². The molecule has 118 valence electrons. The van der Waals surface area contributed by atoms with E-state index in [0.717, 1.165) is 29.8 Å². The summed E-state index contributed by atoms with van der Waals surface area (Å²) in [5.74, 6) is 4.30. The normalized spacial score (nSPS) is 12.3. The van der Waals surface area contributed by atoms with Crippen LogP contribution in [-0.2, 0) is 12.0 Å². The van der Waals surface area contributed by atoms with Crippen LogP contribution in [0.3, 0.4) is 0 Å². The van der Waals surface area contributed by atoms with Crippen LogP contribution in [0.4, 0.5) is 0 Å². The summed E-state index contributed by atoms with van der Waals surface area (Å²) in [5, 5.41) is 6.44. The third-order valence-electron chi connectivity index (χ3n) is 2.70. The molecule has 6 heteroatoms. The molecule has 1 heterocycles. The third-order valence-corrected chi connectivity index (χ3v) is 3.66. The first-order valence-electron chi connectivity index (χ1n) is 7.05. The van der Waals surface area contributed by atoms with Gasteiger partial charge in [-0.2, -0.15) is 11.8 Å². The summed E-state index contributed by atoms with van der Waals surface area (Å²) >= 11 is 1.83. The third kappa shape index (κ3) is 6.71. The van der Waals surface area contributed by atoms with E-state index >= 15 is 0 Å². The topological polar surface area (TPSA) is 62.5 Å². The van der Waals surface area contributed by atoms with Gasteiger partial charge in [-0.05, 0) is 0 Å². The molecule has 0 spiro atoms. The smallest absolute Gasteiger partial charge is 0.213 e. The molecule has 0 radical (unpaired) electrons. The van der Waals surface area contributed by atoms with Crippen molar-refractivity contribution in [3.8, 4) is 0 Å². The van der Waals surface area contributed by atoms with Crippen molar-refractivity contribution in [2.75, 3.05) is 25.1 Å². The molecule has 0 bridgehead atoms. The summed E-state index contributed by atoms with van der Waals surface area (Å²) in [6, 6.07) is 0. The highest BCUT2D eigenvalue weighted by Crippen LogP contribution is 2.22. The van der Waals surface area contributed by atoms with Gasteiger partial charge in [-0.15, -0.1) is 6.58 Å². The van der Waals surface area contributed by atoms with E-state index in [0.29, 0.717) is 12.4 Å². The summed E-state index contributed by atoms with van der Waals surface area (Å²) in [5.41, 5.74) is -0.0203. The van der Waals surface area contributed by atoms with Crippen LogP contribution in [0, 0.1) is 0 Å². The predicted molar refractivity (Wildman–Crippen MR) is 90.9 cm³/mol. The maximum atomic E-state index is 5.73. The van der Waals surface area contributed by atoms with Gasteiger partial charge in [0.05, 0.1) is 12.7 Å². The van der Waals surface area contributed by atoms with Crippen molar-refractivity contribution in [2.45, 2.75) is 32.7 Å². The molecule has 0 aliphatic heterocycles. The average Bonchev–Trinajstić information content (AvgIpc) is 2.91. The summed E-state index contributed by atoms with van der Waals surface area (Å²) in [6.45, 7) is 11.4. The standard InChI is InChI=1S/C15H26N4OS/c1-6-8-21-9-7-17-14(16-5)19-11-13-18-10-12(20-13)15(2,3)4/h6,10H,1,7-9,11H2,2-5H3,(H2,16,17,19). The van der Waals surface area contributed by atoms with Crippen molar-refractivity contribution in [3.63, 3.8) is 0 Å². The average molecular weight is 310 g/mol. The molecule has 0 fully saturated rings. The molecule has 0 atom stereocenters. The fraction of sp³-hybridized carbons (Fsp3) is 0.600. The number of hydrogen-bond acceptors (Lipinski definition) is 4. The van der Waals surface area contributed by atoms with E-state index in [1.165, 1.54) is 0 Å². The van der Waals surface area contributed by atoms with Gasteiger partial charge in [-0.3, -0.25) is 4.99 Å². The van der Waals surface area contributed by atoms with Crippen molar-refractivity contribution < 1.29 is 4.42 Å². The van der Waals surface area contributed by atoms with Gasteiger partial charge in [-0.25, -0.2) is 4.98 Å². The summed E-state index contributed by atoms with van der Waals surface area (Å²) < 4.78 is 5.73. The Labute approximate surface area is 131 Å². The molecule has 2 N–H and O–H groups in total. The van der Waals surface area contributed by atoms with Crippen LogP contribution in [0.2, 0.25) is 0 Å². The van der Waals surface area contributed by atoms with E-state index in [1.807, 2.05) is 17.8 Å². The monoisotopic (exact) mass is 310 g/mol. The van der Waals surface area contributed by atoms with Crippen molar-refractivity contribution >= 4 is 17.7 Å². The Morgan fingerprint density at radius 3 is 2.81 bits per heavy atom. The largest absolute Gasteiger partial charge is 0.443 e. The second-order valence-electron chi connectivity index (χ2n) is 5.58. The number of thioether (sulfide) groups is 1. The predicted octanol–water partition coefficient (Wildman–Crippen LogP) is 2.56. The molecule has 1 aromatic heterocycles. The molecule has 0 amide bonds. The lowest BCUT2D eigenvalue weighted by Crippen LogP contribution is -2.38. The lowest BCUT2D eigenvalue weighted by atomic mass is 9.94. The van der Waals surface area contributed by atoms with Crippen LogP contribution in [0.15, 0.2) is 28.3 Å². The maximum absolute atomic E-state index is 5.73. The van der Waals surface area contributed by atoms with Gasteiger partial charge in [0, 0.05) is 30.5 Å². The van der Waals surface area contributed by atoms with Gasteiger partial charge in [0.1, 0.15) is 5.76 Å². The van der Waals surface area contributed by atoms with Gasteiger partial charge < -0.3 is 15.1 Å². The minimum absolute atomic E-state index is 0.0203. The molecule has 1 aromatic rings. The Balaban J connectivity index is 2.35. The van der Waals surface area contributed by atoms with E-state index < -0.39 is 0 Å². The van der Waals surface area contributed by atoms with Crippen LogP contribution < -0.4 is 10.6 Å². The first kappa shape index (κ1) is 17.6. The summed E-state index contributed by atoms with van der Waals surface area (Å²) in [4.78, 5) is 8.45. The number of rotatable bonds is 7. The molecule has 0 aromatic carbocycles. The first-order chi connectivity index (χ1) is 9.97. The highest BCUT2D eigenvalue weighted by atomic mass is 32.2. The van der Waals surface area contributed by atoms with Crippen molar-refractivity contribution in [1.29, 1.82) is 0 Å². The Morgan fingerprint density at radius 1 is 1.48 bits per heavy atom. The molecule has 0 aliphatic rings. The van der Waals surface area contributed by atoms with E-state index in [4.69, 9.17) is 4.42 Å². The Morgan fingerprint density at radius 2 is 2.24 bits per heavy atom. The lowest BCUT2D eigenvalue weighted by molar-refractivity contribution is 0.379. The highest BCUT2D eigenvalue weighted by molar-refractivity contribution is 7.99.